The Hall–Kier alpha value is -2.68. The van der Waals surface area contributed by atoms with Crippen LogP contribution in [0.3, 0.4) is 0 Å². The lowest BCUT2D eigenvalue weighted by Crippen LogP contribution is -2.48. The number of halogens is 1. The maximum absolute atomic E-state index is 12.3. The van der Waals surface area contributed by atoms with E-state index in [9.17, 15) is 8.42 Å². The van der Waals surface area contributed by atoms with Gasteiger partial charge in [-0.15, -0.1) is 0 Å². The van der Waals surface area contributed by atoms with Gasteiger partial charge in [0.15, 0.2) is 0 Å². The van der Waals surface area contributed by atoms with Crippen molar-refractivity contribution in [3.8, 4) is 11.6 Å². The number of para-hydroxylation sites is 1. The smallest absolute Gasteiger partial charge is 0.242 e. The highest BCUT2D eigenvalue weighted by atomic mass is 35.5. The molecule has 0 spiro atoms. The summed E-state index contributed by atoms with van der Waals surface area (Å²) in [7, 11) is -2.25. The average Bonchev–Trinajstić information content (AvgIpc) is 2.86. The van der Waals surface area contributed by atoms with Crippen molar-refractivity contribution < 1.29 is 13.2 Å². The Labute approximate surface area is 216 Å². The van der Waals surface area contributed by atoms with Crippen LogP contribution >= 0.6 is 11.6 Å². The van der Waals surface area contributed by atoms with E-state index in [0.29, 0.717) is 28.2 Å². The van der Waals surface area contributed by atoms with Gasteiger partial charge in [0.25, 0.3) is 0 Å². The van der Waals surface area contributed by atoms with Gasteiger partial charge < -0.3 is 10.1 Å². The zero-order chi connectivity index (χ0) is 24.9. The number of rotatable bonds is 7. The zero-order valence-electron chi connectivity index (χ0n) is 20.1. The molecular weight excluding hydrogens is 496 g/mol. The predicted molar refractivity (Wildman–Crippen MR) is 139 cm³/mol. The number of anilines is 2. The molecule has 4 bridgehead atoms. The fourth-order valence-corrected chi connectivity index (χ4v) is 8.08. The molecule has 4 aliphatic carbocycles. The summed E-state index contributed by atoms with van der Waals surface area (Å²) >= 11 is 6.68. The van der Waals surface area contributed by atoms with Gasteiger partial charge in [-0.05, 0) is 98.6 Å². The maximum atomic E-state index is 12.3. The molecule has 0 radical (unpaired) electrons. The van der Waals surface area contributed by atoms with Crippen LogP contribution < -0.4 is 14.8 Å². The van der Waals surface area contributed by atoms with E-state index in [1.165, 1.54) is 69.6 Å². The summed E-state index contributed by atoms with van der Waals surface area (Å²) < 4.78 is 32.8. The summed E-state index contributed by atoms with van der Waals surface area (Å²) in [5, 5.41) is 3.59. The van der Waals surface area contributed by atoms with Gasteiger partial charge in [0.2, 0.25) is 15.9 Å². The first kappa shape index (κ1) is 23.7. The maximum Gasteiger partial charge on any atom is 0.242 e. The third kappa shape index (κ3) is 4.35. The van der Waals surface area contributed by atoms with Gasteiger partial charge in [0, 0.05) is 0 Å². The lowest BCUT2D eigenvalue weighted by atomic mass is 9.48. The summed E-state index contributed by atoms with van der Waals surface area (Å²) in [6, 6.07) is 12.8. The first-order chi connectivity index (χ1) is 17.3. The number of nitrogens with one attached hydrogen (secondary N) is 2. The molecule has 0 saturated heterocycles. The van der Waals surface area contributed by atoms with Crippen LogP contribution in [-0.4, -0.2) is 25.4 Å². The van der Waals surface area contributed by atoms with Crippen molar-refractivity contribution in [3.63, 3.8) is 0 Å². The quantitative estimate of drug-likeness (QED) is 0.391. The molecular formula is C27H29ClN4O3S. The second kappa shape index (κ2) is 9.01. The molecule has 1 aromatic heterocycles. The number of aromatic nitrogens is 2. The molecule has 3 aromatic rings. The van der Waals surface area contributed by atoms with E-state index >= 15 is 0 Å². The fourth-order valence-electron chi connectivity index (χ4n) is 6.98. The number of ether oxygens (including phenoxy) is 1. The summed E-state index contributed by atoms with van der Waals surface area (Å²) in [5.74, 6) is 3.87. The van der Waals surface area contributed by atoms with Crippen molar-refractivity contribution >= 4 is 33.1 Å². The molecule has 7 nitrogen and oxygen atoms in total. The van der Waals surface area contributed by atoms with Crippen LogP contribution in [0.25, 0.3) is 0 Å². The first-order valence-corrected chi connectivity index (χ1v) is 14.3. The van der Waals surface area contributed by atoms with Gasteiger partial charge in [-0.3, -0.25) is 0 Å². The molecule has 188 valence electrons. The molecule has 2 aromatic carbocycles. The van der Waals surface area contributed by atoms with Crippen molar-refractivity contribution in [1.29, 1.82) is 0 Å². The Morgan fingerprint density at radius 3 is 2.28 bits per heavy atom. The molecule has 2 N–H and O–H groups in total. The molecule has 4 fully saturated rings. The number of benzene rings is 2. The van der Waals surface area contributed by atoms with Crippen LogP contribution in [0.5, 0.6) is 11.6 Å². The molecule has 1 heterocycles. The van der Waals surface area contributed by atoms with Gasteiger partial charge in [-0.1, -0.05) is 29.8 Å². The summed E-state index contributed by atoms with van der Waals surface area (Å²) in [4.78, 5) is 8.79. The first-order valence-electron chi connectivity index (χ1n) is 12.4. The molecule has 4 saturated carbocycles. The second-order valence-corrected chi connectivity index (χ2v) is 12.8. The predicted octanol–water partition coefficient (Wildman–Crippen LogP) is 6.04. The molecule has 0 aliphatic heterocycles. The fraction of sp³-hybridized carbons (Fsp3) is 0.407. The lowest BCUT2D eigenvalue weighted by Gasteiger charge is -2.57. The lowest BCUT2D eigenvalue weighted by molar-refractivity contribution is -0.00519. The normalized spacial score (nSPS) is 26.7. The van der Waals surface area contributed by atoms with E-state index < -0.39 is 10.0 Å². The molecule has 4 aliphatic rings. The zero-order valence-corrected chi connectivity index (χ0v) is 21.6. The number of hydrogen-bond acceptors (Lipinski definition) is 6. The minimum Gasteiger partial charge on any atom is -0.436 e. The minimum atomic E-state index is -3.62. The van der Waals surface area contributed by atoms with Gasteiger partial charge in [-0.2, -0.15) is 0 Å². The van der Waals surface area contributed by atoms with Crippen LogP contribution in [0.15, 0.2) is 59.8 Å². The summed E-state index contributed by atoms with van der Waals surface area (Å²) in [5.41, 5.74) is 2.03. The molecule has 7 rings (SSSR count). The standard InChI is InChI=1S/C27H29ClN4O3S/c1-29-36(33,34)24-5-3-2-4-22(24)32-25-15-31-26(16-30-25)35-23-7-6-20(11-21(23)28)27-12-17-8-18(13-27)10-19(9-17)14-27/h2-7,11,15-19,29H,8-10,12-14H2,1H3,(H,30,32). The van der Waals surface area contributed by atoms with E-state index in [1.807, 2.05) is 6.07 Å². The molecule has 0 unspecified atom stereocenters. The van der Waals surface area contributed by atoms with Crippen LogP contribution in [0.2, 0.25) is 5.02 Å². The average molecular weight is 525 g/mol. The molecule has 36 heavy (non-hydrogen) atoms. The van der Waals surface area contributed by atoms with Crippen molar-refractivity contribution in [3.05, 3.63) is 65.4 Å². The Kier molecular flexibility index (Phi) is 5.93. The van der Waals surface area contributed by atoms with Crippen LogP contribution in [0, 0.1) is 17.8 Å². The third-order valence-electron chi connectivity index (χ3n) is 8.13. The third-order valence-corrected chi connectivity index (χ3v) is 9.90. The number of nitrogens with zero attached hydrogens (tertiary/aromatic N) is 2. The minimum absolute atomic E-state index is 0.125. The van der Waals surface area contributed by atoms with Gasteiger partial charge in [-0.25, -0.2) is 23.1 Å². The van der Waals surface area contributed by atoms with Crippen molar-refractivity contribution in [1.82, 2.24) is 14.7 Å². The molecule has 0 atom stereocenters. The SMILES string of the molecule is CNS(=O)(=O)c1ccccc1Nc1cnc(Oc2ccc(C34CC5CC(CC(C5)C3)C4)cc2Cl)cn1. The number of sulfonamides is 1. The van der Waals surface area contributed by atoms with E-state index in [1.54, 1.807) is 18.2 Å². The second-order valence-electron chi connectivity index (χ2n) is 10.5. The topological polar surface area (TPSA) is 93.2 Å². The van der Waals surface area contributed by atoms with E-state index in [-0.39, 0.29) is 10.3 Å². The van der Waals surface area contributed by atoms with Crippen LogP contribution in [0.4, 0.5) is 11.5 Å². The van der Waals surface area contributed by atoms with Gasteiger partial charge in [0.1, 0.15) is 16.5 Å². The monoisotopic (exact) mass is 524 g/mol. The summed E-state index contributed by atoms with van der Waals surface area (Å²) in [6.07, 6.45) is 11.1. The largest absolute Gasteiger partial charge is 0.436 e. The highest BCUT2D eigenvalue weighted by Gasteiger charge is 2.51. The molecule has 9 heteroatoms. The number of hydrogen-bond donors (Lipinski definition) is 2. The Balaban J connectivity index is 1.17. The van der Waals surface area contributed by atoms with Crippen LogP contribution in [-0.2, 0) is 15.4 Å². The van der Waals surface area contributed by atoms with Crippen LogP contribution in [0.1, 0.15) is 44.1 Å². The van der Waals surface area contributed by atoms with E-state index in [2.05, 4.69) is 32.1 Å². The van der Waals surface area contributed by atoms with E-state index in [4.69, 9.17) is 16.3 Å². The Bertz CT molecular complexity index is 1360. The Morgan fingerprint density at radius 2 is 1.67 bits per heavy atom. The van der Waals surface area contributed by atoms with Gasteiger partial charge >= 0.3 is 0 Å². The Morgan fingerprint density at radius 1 is 0.972 bits per heavy atom. The highest BCUT2D eigenvalue weighted by Crippen LogP contribution is 2.61. The van der Waals surface area contributed by atoms with Crippen molar-refractivity contribution in [2.24, 2.45) is 17.8 Å². The van der Waals surface area contributed by atoms with E-state index in [0.717, 1.165) is 17.8 Å². The summed E-state index contributed by atoms with van der Waals surface area (Å²) in [6.45, 7) is 0. The van der Waals surface area contributed by atoms with Crippen molar-refractivity contribution in [2.45, 2.75) is 48.8 Å². The highest BCUT2D eigenvalue weighted by molar-refractivity contribution is 7.89. The van der Waals surface area contributed by atoms with Gasteiger partial charge in [0.05, 0.1) is 23.1 Å². The van der Waals surface area contributed by atoms with Crippen molar-refractivity contribution in [2.75, 3.05) is 12.4 Å². The molecule has 0 amide bonds.